The molecular weight excluding hydrogens is 302 g/mol. The van der Waals surface area contributed by atoms with Crippen LogP contribution in [-0.2, 0) is 11.2 Å². The predicted molar refractivity (Wildman–Crippen MR) is 79.4 cm³/mol. The summed E-state index contributed by atoms with van der Waals surface area (Å²) >= 11 is 3.56. The van der Waals surface area contributed by atoms with Gasteiger partial charge in [0.05, 0.1) is 5.36 Å². The summed E-state index contributed by atoms with van der Waals surface area (Å²) < 4.78 is 1.01. The molecule has 0 radical (unpaired) electrons. The Balaban J connectivity index is 2.13. The molecule has 2 aromatic carbocycles. The smallest absolute Gasteiger partial charge is 0.141 e. The van der Waals surface area contributed by atoms with Gasteiger partial charge >= 0.3 is 0 Å². The summed E-state index contributed by atoms with van der Waals surface area (Å²) in [6, 6.07) is 8.47. The lowest BCUT2D eigenvalue weighted by molar-refractivity contribution is -0.117. The van der Waals surface area contributed by atoms with Gasteiger partial charge in [-0.25, -0.2) is 0 Å². The van der Waals surface area contributed by atoms with Crippen LogP contribution in [0.5, 0.6) is 0 Å². The average molecular weight is 312 g/mol. The van der Waals surface area contributed by atoms with E-state index in [1.807, 2.05) is 18.3 Å². The molecule has 0 saturated heterocycles. The van der Waals surface area contributed by atoms with E-state index in [1.165, 1.54) is 16.0 Å². The molecule has 19 heavy (non-hydrogen) atoms. The molecule has 2 nitrogen and oxygen atoms in total. The molecule has 0 bridgehead atoms. The van der Waals surface area contributed by atoms with E-state index >= 15 is 0 Å². The molecule has 0 fully saturated rings. The zero-order valence-corrected chi connectivity index (χ0v) is 11.7. The predicted octanol–water partition coefficient (Wildman–Crippen LogP) is 2.46. The van der Waals surface area contributed by atoms with Crippen LogP contribution in [0.2, 0.25) is 0 Å². The summed E-state index contributed by atoms with van der Waals surface area (Å²) in [4.78, 5) is 16.0. The third-order valence-corrected chi connectivity index (χ3v) is 4.35. The van der Waals surface area contributed by atoms with E-state index in [4.69, 9.17) is 0 Å². The summed E-state index contributed by atoms with van der Waals surface area (Å²) in [6.45, 7) is 0. The van der Waals surface area contributed by atoms with Crippen LogP contribution in [0.4, 0.5) is 0 Å². The van der Waals surface area contributed by atoms with E-state index in [1.54, 1.807) is 0 Å². The lowest BCUT2D eigenvalue weighted by atomic mass is 9.93. The number of fused-ring (bicyclic) bond motifs is 4. The third-order valence-electron chi connectivity index (χ3n) is 3.75. The van der Waals surface area contributed by atoms with E-state index in [0.29, 0.717) is 18.6 Å². The van der Waals surface area contributed by atoms with Gasteiger partial charge in [-0.15, -0.1) is 0 Å². The van der Waals surface area contributed by atoms with Gasteiger partial charge in [-0.1, -0.05) is 12.1 Å². The van der Waals surface area contributed by atoms with Gasteiger partial charge in [0.25, 0.3) is 0 Å². The van der Waals surface area contributed by atoms with Crippen molar-refractivity contribution in [1.29, 1.82) is 0 Å². The van der Waals surface area contributed by atoms with E-state index in [2.05, 4.69) is 39.1 Å². The lowest BCUT2D eigenvalue weighted by Crippen LogP contribution is -2.19. The molecule has 92 valence electrons. The van der Waals surface area contributed by atoms with E-state index < -0.39 is 0 Å². The second-order valence-electron chi connectivity index (χ2n) is 4.96. The van der Waals surface area contributed by atoms with Gasteiger partial charge in [0.15, 0.2) is 0 Å². The standard InChI is InChI=1S/C16H10BrNO/c17-14-8-18-15-4-2-10-5-9-1-3-12(19)6-11(9)7-13(10)16(14)15/h1-2,4-5,7-8H,3,6H2. The summed E-state index contributed by atoms with van der Waals surface area (Å²) in [6.07, 6.45) is 4.97. The Labute approximate surface area is 118 Å². The number of hydrogen-bond acceptors (Lipinski definition) is 2. The highest BCUT2D eigenvalue weighted by Crippen LogP contribution is 2.29. The van der Waals surface area contributed by atoms with Crippen molar-refractivity contribution in [2.24, 2.45) is 4.99 Å². The number of nitrogens with zero attached hydrogens (tertiary/aromatic N) is 1. The maximum atomic E-state index is 11.6. The summed E-state index contributed by atoms with van der Waals surface area (Å²) in [5.74, 6) is 0.290. The molecule has 0 amide bonds. The summed E-state index contributed by atoms with van der Waals surface area (Å²) in [7, 11) is 0. The second-order valence-corrected chi connectivity index (χ2v) is 5.82. The van der Waals surface area contributed by atoms with Gasteiger partial charge in [0.1, 0.15) is 5.78 Å². The Morgan fingerprint density at radius 1 is 1.21 bits per heavy atom. The van der Waals surface area contributed by atoms with Crippen LogP contribution in [0, 0.1) is 0 Å². The molecule has 2 aromatic rings. The first-order chi connectivity index (χ1) is 9.22. The second kappa shape index (κ2) is 3.87. The van der Waals surface area contributed by atoms with Crippen molar-refractivity contribution < 1.29 is 4.79 Å². The Morgan fingerprint density at radius 2 is 2.11 bits per heavy atom. The van der Waals surface area contributed by atoms with E-state index in [9.17, 15) is 4.79 Å². The monoisotopic (exact) mass is 311 g/mol. The van der Waals surface area contributed by atoms with Crippen molar-refractivity contribution in [1.82, 2.24) is 0 Å². The van der Waals surface area contributed by atoms with Crippen LogP contribution in [-0.4, -0.2) is 5.78 Å². The van der Waals surface area contributed by atoms with Crippen LogP contribution in [0.25, 0.3) is 21.3 Å². The van der Waals surface area contributed by atoms with Gasteiger partial charge in [0, 0.05) is 29.1 Å². The highest BCUT2D eigenvalue weighted by atomic mass is 79.9. The number of halogens is 1. The van der Waals surface area contributed by atoms with Crippen LogP contribution in [0.3, 0.4) is 0 Å². The van der Waals surface area contributed by atoms with Crippen molar-refractivity contribution in [2.75, 3.05) is 0 Å². The molecule has 0 saturated carbocycles. The molecule has 0 aromatic heterocycles. The fourth-order valence-electron chi connectivity index (χ4n) is 2.82. The van der Waals surface area contributed by atoms with Crippen LogP contribution < -0.4 is 10.6 Å². The summed E-state index contributed by atoms with van der Waals surface area (Å²) in [5.41, 5.74) is 2.27. The molecule has 0 atom stereocenters. The molecule has 1 aliphatic carbocycles. The minimum atomic E-state index is 0.290. The first-order valence-corrected chi connectivity index (χ1v) is 7.03. The van der Waals surface area contributed by atoms with Gasteiger partial charge in [-0.2, -0.15) is 0 Å². The number of carbonyl (C=O) groups excluding carboxylic acids is 1. The Morgan fingerprint density at radius 3 is 3.00 bits per heavy atom. The number of ketones is 1. The van der Waals surface area contributed by atoms with Crippen molar-refractivity contribution in [3.05, 3.63) is 52.2 Å². The van der Waals surface area contributed by atoms with Gasteiger partial charge in [-0.05, 0) is 55.7 Å². The Hall–Kier alpha value is -1.74. The normalized spacial score (nSPS) is 16.5. The number of benzene rings is 2. The van der Waals surface area contributed by atoms with Crippen molar-refractivity contribution >= 4 is 43.0 Å². The molecular formula is C16H10BrNO. The quantitative estimate of drug-likeness (QED) is 0.735. The maximum Gasteiger partial charge on any atom is 0.141 e. The van der Waals surface area contributed by atoms with Crippen LogP contribution in [0.15, 0.2) is 35.5 Å². The maximum absolute atomic E-state index is 11.6. The Bertz CT molecular complexity index is 893. The number of Topliss-reactive ketones (excluding diaryl/α,β-unsaturated/α-hetero) is 1. The molecule has 0 unspecified atom stereocenters. The third kappa shape index (κ3) is 1.61. The fraction of sp³-hybridized carbons (Fsp3) is 0.125. The Kier molecular flexibility index (Phi) is 2.27. The molecule has 4 rings (SSSR count). The zero-order valence-electron chi connectivity index (χ0n) is 10.1. The first kappa shape index (κ1) is 11.1. The van der Waals surface area contributed by atoms with Gasteiger partial charge in [0.2, 0.25) is 0 Å². The molecule has 1 aliphatic heterocycles. The lowest BCUT2D eigenvalue weighted by Gasteiger charge is -2.11. The number of rotatable bonds is 0. The molecule has 1 heterocycles. The number of carbonyl (C=O) groups is 1. The topological polar surface area (TPSA) is 29.4 Å². The van der Waals surface area contributed by atoms with Crippen LogP contribution >= 0.6 is 15.9 Å². The first-order valence-electron chi connectivity index (χ1n) is 6.24. The largest absolute Gasteiger partial charge is 0.299 e. The fourth-order valence-corrected chi connectivity index (χ4v) is 3.34. The minimum absolute atomic E-state index is 0.290. The molecule has 0 spiro atoms. The van der Waals surface area contributed by atoms with Crippen molar-refractivity contribution in [3.63, 3.8) is 0 Å². The average Bonchev–Trinajstić information content (AvgIpc) is 2.78. The van der Waals surface area contributed by atoms with Crippen molar-refractivity contribution in [2.45, 2.75) is 12.8 Å². The van der Waals surface area contributed by atoms with E-state index in [-0.39, 0.29) is 0 Å². The van der Waals surface area contributed by atoms with Gasteiger partial charge < -0.3 is 0 Å². The SMILES string of the molecule is O=C1CC=c2cc3ccc4c(c3cc2C1)C(Br)=CN=4. The summed E-state index contributed by atoms with van der Waals surface area (Å²) in [5, 5.41) is 4.56. The highest BCUT2D eigenvalue weighted by Gasteiger charge is 2.15. The van der Waals surface area contributed by atoms with Gasteiger partial charge in [-0.3, -0.25) is 9.79 Å². The van der Waals surface area contributed by atoms with Crippen molar-refractivity contribution in [3.8, 4) is 0 Å². The van der Waals surface area contributed by atoms with Crippen LogP contribution in [0.1, 0.15) is 17.5 Å². The highest BCUT2D eigenvalue weighted by molar-refractivity contribution is 9.15. The minimum Gasteiger partial charge on any atom is -0.299 e. The van der Waals surface area contributed by atoms with E-state index in [0.717, 1.165) is 21.0 Å². The molecule has 0 N–H and O–H groups in total. The number of hydrogen-bond donors (Lipinski definition) is 0. The zero-order chi connectivity index (χ0) is 13.0. The molecule has 3 heteroatoms. The molecule has 2 aliphatic rings.